The number of amides is 1. The highest BCUT2D eigenvalue weighted by atomic mass is 35.5. The van der Waals surface area contributed by atoms with Crippen LogP contribution in [-0.2, 0) is 4.79 Å². The Balaban J connectivity index is 0. The molecule has 4 heteroatoms. The first-order valence-corrected chi connectivity index (χ1v) is 3.10. The van der Waals surface area contributed by atoms with E-state index in [-0.39, 0.29) is 18.3 Å². The zero-order chi connectivity index (χ0) is 7.98. The van der Waals surface area contributed by atoms with Gasteiger partial charge in [-0.15, -0.1) is 18.8 Å². The van der Waals surface area contributed by atoms with Gasteiger partial charge in [-0.1, -0.05) is 5.92 Å². The van der Waals surface area contributed by atoms with Crippen LogP contribution in [0.25, 0.3) is 0 Å². The Morgan fingerprint density at radius 1 is 1.73 bits per heavy atom. The van der Waals surface area contributed by atoms with Gasteiger partial charge in [-0.3, -0.25) is 4.79 Å². The van der Waals surface area contributed by atoms with Gasteiger partial charge >= 0.3 is 0 Å². The third kappa shape index (κ3) is 5.71. The molecule has 2 N–H and O–H groups in total. The highest BCUT2D eigenvalue weighted by molar-refractivity contribution is 5.85. The number of hydrogen-bond acceptors (Lipinski definition) is 2. The lowest BCUT2D eigenvalue weighted by Crippen LogP contribution is -2.28. The van der Waals surface area contributed by atoms with E-state index in [0.29, 0.717) is 19.5 Å². The van der Waals surface area contributed by atoms with E-state index < -0.39 is 0 Å². The van der Waals surface area contributed by atoms with Gasteiger partial charge in [-0.25, -0.2) is 0 Å². The average Bonchev–Trinajstić information content (AvgIpc) is 1.89. The first kappa shape index (κ1) is 12.9. The molecule has 0 rings (SSSR count). The van der Waals surface area contributed by atoms with Crippen LogP contribution < -0.4 is 5.73 Å². The molecule has 0 heterocycles. The summed E-state index contributed by atoms with van der Waals surface area (Å²) >= 11 is 0. The van der Waals surface area contributed by atoms with E-state index >= 15 is 0 Å². The summed E-state index contributed by atoms with van der Waals surface area (Å²) in [6.45, 7) is 0.743. The number of terminal acetylenes is 1. The Morgan fingerprint density at radius 2 is 2.27 bits per heavy atom. The number of nitrogens with zero attached hydrogens (tertiary/aromatic N) is 1. The Hall–Kier alpha value is -0.720. The maximum atomic E-state index is 10.9. The van der Waals surface area contributed by atoms with Crippen molar-refractivity contribution in [3.63, 3.8) is 0 Å². The first-order chi connectivity index (χ1) is 4.72. The molecule has 0 aromatic heterocycles. The van der Waals surface area contributed by atoms with Crippen molar-refractivity contribution >= 4 is 18.3 Å². The van der Waals surface area contributed by atoms with Crippen molar-refractivity contribution in [2.24, 2.45) is 5.73 Å². The van der Waals surface area contributed by atoms with Gasteiger partial charge in [0.05, 0.1) is 6.54 Å². The molecule has 0 saturated carbocycles. The van der Waals surface area contributed by atoms with Crippen molar-refractivity contribution in [1.82, 2.24) is 4.90 Å². The fraction of sp³-hybridized carbons (Fsp3) is 0.571. The van der Waals surface area contributed by atoms with E-state index in [1.807, 2.05) is 0 Å². The maximum Gasteiger partial charge on any atom is 0.224 e. The summed E-state index contributed by atoms with van der Waals surface area (Å²) in [6, 6.07) is 0. The lowest BCUT2D eigenvalue weighted by Gasteiger charge is -2.12. The van der Waals surface area contributed by atoms with Crippen molar-refractivity contribution in [2.45, 2.75) is 6.42 Å². The predicted molar refractivity (Wildman–Crippen MR) is 47.4 cm³/mol. The van der Waals surface area contributed by atoms with Crippen LogP contribution >= 0.6 is 12.4 Å². The van der Waals surface area contributed by atoms with Crippen LogP contribution in [0.5, 0.6) is 0 Å². The second-order valence-corrected chi connectivity index (χ2v) is 1.99. The Morgan fingerprint density at radius 3 is 2.64 bits per heavy atom. The summed E-state index contributed by atoms with van der Waals surface area (Å²) in [7, 11) is 1.66. The lowest BCUT2D eigenvalue weighted by molar-refractivity contribution is -0.129. The van der Waals surface area contributed by atoms with Crippen molar-refractivity contribution in [3.8, 4) is 12.3 Å². The number of halogens is 1. The topological polar surface area (TPSA) is 46.3 Å². The van der Waals surface area contributed by atoms with E-state index in [9.17, 15) is 4.79 Å². The normalized spacial score (nSPS) is 7.73. The van der Waals surface area contributed by atoms with Crippen LogP contribution in [0.4, 0.5) is 0 Å². The molecule has 0 aliphatic carbocycles. The van der Waals surface area contributed by atoms with Gasteiger partial charge < -0.3 is 10.6 Å². The molecule has 0 aromatic rings. The van der Waals surface area contributed by atoms with Crippen molar-refractivity contribution < 1.29 is 4.79 Å². The molecular weight excluding hydrogens is 164 g/mol. The molecule has 1 amide bonds. The summed E-state index contributed by atoms with van der Waals surface area (Å²) in [5.74, 6) is 2.37. The van der Waals surface area contributed by atoms with E-state index in [2.05, 4.69) is 5.92 Å². The highest BCUT2D eigenvalue weighted by Crippen LogP contribution is 1.86. The quantitative estimate of drug-likeness (QED) is 0.608. The molecule has 0 aliphatic heterocycles. The van der Waals surface area contributed by atoms with Gasteiger partial charge in [0.25, 0.3) is 0 Å². The second kappa shape index (κ2) is 7.39. The fourth-order valence-corrected chi connectivity index (χ4v) is 0.539. The number of hydrogen-bond donors (Lipinski definition) is 1. The molecule has 0 saturated heterocycles. The lowest BCUT2D eigenvalue weighted by atomic mass is 10.4. The van der Waals surface area contributed by atoms with Crippen LogP contribution in [0.15, 0.2) is 0 Å². The Bertz CT molecular complexity index is 153. The Kier molecular flexibility index (Phi) is 8.67. The van der Waals surface area contributed by atoms with Gasteiger partial charge in [-0.05, 0) is 0 Å². The standard InChI is InChI=1S/C7H12N2O.ClH/c1-3-6-9(2)7(10)4-5-8;/h1H,4-6,8H2,2H3;1H. The molecule has 0 aromatic carbocycles. The van der Waals surface area contributed by atoms with E-state index in [0.717, 1.165) is 0 Å². The minimum atomic E-state index is 0. The molecule has 0 radical (unpaired) electrons. The molecule has 0 spiro atoms. The number of carbonyl (C=O) groups is 1. The van der Waals surface area contributed by atoms with Crippen LogP contribution in [0.1, 0.15) is 6.42 Å². The summed E-state index contributed by atoms with van der Waals surface area (Å²) < 4.78 is 0. The van der Waals surface area contributed by atoms with Gasteiger partial charge in [0, 0.05) is 20.0 Å². The summed E-state index contributed by atoms with van der Waals surface area (Å²) in [5.41, 5.74) is 5.16. The SMILES string of the molecule is C#CCN(C)C(=O)CCN.Cl. The third-order valence-corrected chi connectivity index (χ3v) is 1.11. The molecule has 0 aliphatic rings. The maximum absolute atomic E-state index is 10.9. The summed E-state index contributed by atoms with van der Waals surface area (Å²) in [4.78, 5) is 12.4. The first-order valence-electron chi connectivity index (χ1n) is 3.10. The van der Waals surface area contributed by atoms with Gasteiger partial charge in [0.2, 0.25) is 5.91 Å². The zero-order valence-corrected chi connectivity index (χ0v) is 7.36. The molecule has 3 nitrogen and oxygen atoms in total. The molecule has 64 valence electrons. The van der Waals surface area contributed by atoms with Gasteiger partial charge in [0.1, 0.15) is 0 Å². The minimum absolute atomic E-state index is 0. The number of nitrogens with two attached hydrogens (primary N) is 1. The molecule has 0 atom stereocenters. The zero-order valence-electron chi connectivity index (χ0n) is 6.54. The molecule has 0 bridgehead atoms. The van der Waals surface area contributed by atoms with E-state index in [1.165, 1.54) is 4.90 Å². The average molecular weight is 177 g/mol. The van der Waals surface area contributed by atoms with E-state index in [1.54, 1.807) is 7.05 Å². The van der Waals surface area contributed by atoms with Gasteiger partial charge in [-0.2, -0.15) is 0 Å². The Labute approximate surface area is 73.3 Å². The molecular formula is C7H13ClN2O. The van der Waals surface area contributed by atoms with Crippen molar-refractivity contribution in [2.75, 3.05) is 20.1 Å². The largest absolute Gasteiger partial charge is 0.335 e. The number of rotatable bonds is 3. The molecule has 0 unspecified atom stereocenters. The summed E-state index contributed by atoms with van der Waals surface area (Å²) in [5, 5.41) is 0. The second-order valence-electron chi connectivity index (χ2n) is 1.99. The van der Waals surface area contributed by atoms with Crippen molar-refractivity contribution in [3.05, 3.63) is 0 Å². The molecule has 0 fully saturated rings. The smallest absolute Gasteiger partial charge is 0.224 e. The summed E-state index contributed by atoms with van der Waals surface area (Å²) in [6.07, 6.45) is 5.36. The van der Waals surface area contributed by atoms with E-state index in [4.69, 9.17) is 12.2 Å². The van der Waals surface area contributed by atoms with Crippen LogP contribution in [-0.4, -0.2) is 30.9 Å². The van der Waals surface area contributed by atoms with Crippen LogP contribution in [0.2, 0.25) is 0 Å². The predicted octanol–water partition coefficient (Wildman–Crippen LogP) is -0.151. The number of carbonyl (C=O) groups excluding carboxylic acids is 1. The molecule has 11 heavy (non-hydrogen) atoms. The van der Waals surface area contributed by atoms with Gasteiger partial charge in [0.15, 0.2) is 0 Å². The fourth-order valence-electron chi connectivity index (χ4n) is 0.539. The highest BCUT2D eigenvalue weighted by Gasteiger charge is 2.03. The minimum Gasteiger partial charge on any atom is -0.335 e. The van der Waals surface area contributed by atoms with Crippen molar-refractivity contribution in [1.29, 1.82) is 0 Å². The van der Waals surface area contributed by atoms with Crippen LogP contribution in [0, 0.1) is 12.3 Å². The van der Waals surface area contributed by atoms with Crippen LogP contribution in [0.3, 0.4) is 0 Å². The third-order valence-electron chi connectivity index (χ3n) is 1.11. The monoisotopic (exact) mass is 176 g/mol.